The number of carbonyl (C=O) groups is 2. The summed E-state index contributed by atoms with van der Waals surface area (Å²) in [5.41, 5.74) is 0.473. The number of rotatable bonds is 2. The number of piperazine rings is 1. The SMILES string of the molecule is COc1cccc(C(=O)N2CCN3CC(=O)CCC3C2)c1Cl. The Hall–Kier alpha value is -1.59. The number of ketones is 1. The molecule has 0 N–H and O–H groups in total. The first-order valence-corrected chi connectivity index (χ1v) is 7.85. The third kappa shape index (κ3) is 2.83. The standard InChI is InChI=1S/C16H19ClN2O3/c1-22-14-4-2-3-13(15(14)17)16(21)19-8-7-18-10-12(20)6-5-11(18)9-19/h2-4,11H,5-10H2,1H3. The van der Waals surface area contributed by atoms with E-state index in [0.717, 1.165) is 13.0 Å². The molecule has 1 unspecified atom stereocenters. The molecule has 5 nitrogen and oxygen atoms in total. The van der Waals surface area contributed by atoms with Gasteiger partial charge in [-0.05, 0) is 18.6 Å². The number of halogens is 1. The lowest BCUT2D eigenvalue weighted by Gasteiger charge is -2.43. The number of amides is 1. The van der Waals surface area contributed by atoms with Gasteiger partial charge in [0.1, 0.15) is 11.5 Å². The number of hydrogen-bond acceptors (Lipinski definition) is 4. The molecule has 2 heterocycles. The van der Waals surface area contributed by atoms with Crippen LogP contribution in [-0.4, -0.2) is 60.8 Å². The van der Waals surface area contributed by atoms with Crippen molar-refractivity contribution in [1.29, 1.82) is 0 Å². The van der Waals surface area contributed by atoms with Crippen LogP contribution in [0.4, 0.5) is 0 Å². The summed E-state index contributed by atoms with van der Waals surface area (Å²) >= 11 is 6.25. The Kier molecular flexibility index (Phi) is 4.36. The second-order valence-electron chi connectivity index (χ2n) is 5.77. The van der Waals surface area contributed by atoms with E-state index in [-0.39, 0.29) is 11.9 Å². The highest BCUT2D eigenvalue weighted by Gasteiger charge is 2.34. The Balaban J connectivity index is 1.75. The minimum absolute atomic E-state index is 0.0690. The van der Waals surface area contributed by atoms with Gasteiger partial charge in [-0.15, -0.1) is 0 Å². The van der Waals surface area contributed by atoms with Crippen LogP contribution in [-0.2, 0) is 4.79 Å². The average molecular weight is 323 g/mol. The van der Waals surface area contributed by atoms with Crippen molar-refractivity contribution in [3.05, 3.63) is 28.8 Å². The number of Topliss-reactive ketones (excluding diaryl/α,β-unsaturated/α-hetero) is 1. The van der Waals surface area contributed by atoms with E-state index in [1.54, 1.807) is 18.2 Å². The van der Waals surface area contributed by atoms with Gasteiger partial charge in [0.2, 0.25) is 0 Å². The molecule has 0 bridgehead atoms. The first-order chi connectivity index (χ1) is 10.6. The van der Waals surface area contributed by atoms with Crippen LogP contribution >= 0.6 is 11.6 Å². The maximum absolute atomic E-state index is 12.7. The first kappa shape index (κ1) is 15.3. The molecule has 0 radical (unpaired) electrons. The van der Waals surface area contributed by atoms with Crippen LogP contribution in [0.5, 0.6) is 5.75 Å². The fraction of sp³-hybridized carbons (Fsp3) is 0.500. The van der Waals surface area contributed by atoms with Crippen molar-refractivity contribution < 1.29 is 14.3 Å². The molecule has 0 spiro atoms. The first-order valence-electron chi connectivity index (χ1n) is 7.47. The number of hydrogen-bond donors (Lipinski definition) is 0. The largest absolute Gasteiger partial charge is 0.495 e. The Bertz CT molecular complexity index is 605. The van der Waals surface area contributed by atoms with Crippen molar-refractivity contribution in [3.63, 3.8) is 0 Å². The van der Waals surface area contributed by atoms with Gasteiger partial charge in [-0.2, -0.15) is 0 Å². The monoisotopic (exact) mass is 322 g/mol. The number of benzene rings is 1. The minimum Gasteiger partial charge on any atom is -0.495 e. The van der Waals surface area contributed by atoms with E-state index in [9.17, 15) is 9.59 Å². The Morgan fingerprint density at radius 2 is 2.18 bits per heavy atom. The minimum atomic E-state index is -0.0690. The highest BCUT2D eigenvalue weighted by Crippen LogP contribution is 2.29. The molecule has 2 aliphatic rings. The van der Waals surface area contributed by atoms with E-state index in [2.05, 4.69) is 4.90 Å². The van der Waals surface area contributed by atoms with E-state index in [1.165, 1.54) is 7.11 Å². The maximum Gasteiger partial charge on any atom is 0.255 e. The maximum atomic E-state index is 12.7. The number of nitrogens with zero attached hydrogens (tertiary/aromatic N) is 2. The normalized spacial score (nSPS) is 22.4. The highest BCUT2D eigenvalue weighted by atomic mass is 35.5. The number of piperidine rings is 1. The predicted molar refractivity (Wildman–Crippen MR) is 83.5 cm³/mol. The fourth-order valence-electron chi connectivity index (χ4n) is 3.20. The molecule has 1 aromatic rings. The van der Waals surface area contributed by atoms with Gasteiger partial charge in [0.05, 0.1) is 24.2 Å². The number of carbonyl (C=O) groups excluding carboxylic acids is 2. The molecule has 0 aliphatic carbocycles. The Labute approximate surface area is 134 Å². The van der Waals surface area contributed by atoms with E-state index in [0.29, 0.717) is 48.2 Å². The molecule has 2 aliphatic heterocycles. The zero-order chi connectivity index (χ0) is 15.7. The van der Waals surface area contributed by atoms with Crippen LogP contribution < -0.4 is 4.74 Å². The van der Waals surface area contributed by atoms with Gasteiger partial charge >= 0.3 is 0 Å². The summed E-state index contributed by atoms with van der Waals surface area (Å²) in [5.74, 6) is 0.738. The molecule has 3 rings (SSSR count). The van der Waals surface area contributed by atoms with E-state index >= 15 is 0 Å². The molecule has 2 saturated heterocycles. The third-order valence-electron chi connectivity index (χ3n) is 4.44. The van der Waals surface area contributed by atoms with Crippen molar-refractivity contribution in [2.75, 3.05) is 33.3 Å². The van der Waals surface area contributed by atoms with E-state index < -0.39 is 0 Å². The van der Waals surface area contributed by atoms with Gasteiger partial charge in [0.15, 0.2) is 0 Å². The number of methoxy groups -OCH3 is 1. The molecule has 118 valence electrons. The zero-order valence-electron chi connectivity index (χ0n) is 12.5. The van der Waals surface area contributed by atoms with Crippen LogP contribution in [0.3, 0.4) is 0 Å². The summed E-state index contributed by atoms with van der Waals surface area (Å²) in [6.07, 6.45) is 1.44. The smallest absolute Gasteiger partial charge is 0.255 e. The molecular weight excluding hydrogens is 304 g/mol. The van der Waals surface area contributed by atoms with Crippen molar-refractivity contribution in [2.45, 2.75) is 18.9 Å². The fourth-order valence-corrected chi connectivity index (χ4v) is 3.48. The van der Waals surface area contributed by atoms with Crippen LogP contribution in [0.25, 0.3) is 0 Å². The van der Waals surface area contributed by atoms with Crippen LogP contribution in [0.15, 0.2) is 18.2 Å². The molecule has 6 heteroatoms. The van der Waals surface area contributed by atoms with Gasteiger partial charge in [-0.1, -0.05) is 17.7 Å². The molecule has 2 fully saturated rings. The number of fused-ring (bicyclic) bond motifs is 1. The van der Waals surface area contributed by atoms with E-state index in [4.69, 9.17) is 16.3 Å². The summed E-state index contributed by atoms with van der Waals surface area (Å²) in [5, 5.41) is 0.358. The molecule has 0 saturated carbocycles. The Morgan fingerprint density at radius 3 is 2.95 bits per heavy atom. The van der Waals surface area contributed by atoms with Gasteiger partial charge in [0.25, 0.3) is 5.91 Å². The lowest BCUT2D eigenvalue weighted by Crippen LogP contribution is -2.57. The Morgan fingerprint density at radius 1 is 1.36 bits per heavy atom. The highest BCUT2D eigenvalue weighted by molar-refractivity contribution is 6.35. The predicted octanol–water partition coefficient (Wildman–Crippen LogP) is 1.84. The van der Waals surface area contributed by atoms with Crippen LogP contribution in [0.2, 0.25) is 5.02 Å². The van der Waals surface area contributed by atoms with Gasteiger partial charge in [-0.25, -0.2) is 0 Å². The molecule has 1 atom stereocenters. The lowest BCUT2D eigenvalue weighted by atomic mass is 9.98. The van der Waals surface area contributed by atoms with Gasteiger partial charge < -0.3 is 9.64 Å². The van der Waals surface area contributed by atoms with Crippen molar-refractivity contribution in [3.8, 4) is 5.75 Å². The van der Waals surface area contributed by atoms with Crippen molar-refractivity contribution in [1.82, 2.24) is 9.80 Å². The third-order valence-corrected chi connectivity index (χ3v) is 4.83. The molecule has 0 aromatic heterocycles. The average Bonchev–Trinajstić information content (AvgIpc) is 2.54. The van der Waals surface area contributed by atoms with Gasteiger partial charge in [-0.3, -0.25) is 14.5 Å². The zero-order valence-corrected chi connectivity index (χ0v) is 13.3. The summed E-state index contributed by atoms with van der Waals surface area (Å²) in [6, 6.07) is 5.51. The second kappa shape index (κ2) is 6.26. The topological polar surface area (TPSA) is 49.9 Å². The van der Waals surface area contributed by atoms with Gasteiger partial charge in [0, 0.05) is 32.1 Å². The summed E-state index contributed by atoms with van der Waals surface area (Å²) in [6.45, 7) is 2.53. The molecule has 1 amide bonds. The van der Waals surface area contributed by atoms with Crippen molar-refractivity contribution >= 4 is 23.3 Å². The molecule has 22 heavy (non-hydrogen) atoms. The second-order valence-corrected chi connectivity index (χ2v) is 6.15. The van der Waals surface area contributed by atoms with Crippen molar-refractivity contribution in [2.24, 2.45) is 0 Å². The quantitative estimate of drug-likeness (QED) is 0.833. The molecule has 1 aromatic carbocycles. The summed E-state index contributed by atoms with van der Waals surface area (Å²) < 4.78 is 5.17. The van der Waals surface area contributed by atoms with Crippen LogP contribution in [0, 0.1) is 0 Å². The lowest BCUT2D eigenvalue weighted by molar-refractivity contribution is -0.124. The summed E-state index contributed by atoms with van der Waals surface area (Å²) in [7, 11) is 1.53. The molecular formula is C16H19ClN2O3. The van der Waals surface area contributed by atoms with Crippen LogP contribution in [0.1, 0.15) is 23.2 Å². The van der Waals surface area contributed by atoms with E-state index in [1.807, 2.05) is 4.90 Å². The number of ether oxygens (including phenoxy) is 1. The summed E-state index contributed by atoms with van der Waals surface area (Å²) in [4.78, 5) is 28.3.